The Balaban J connectivity index is 2.20. The number of aliphatic hydroxyl groups is 1. The average Bonchev–Trinajstić information content (AvgIpc) is 2.54. The molecule has 1 rings (SSSR count). The van der Waals surface area contributed by atoms with Gasteiger partial charge in [-0.3, -0.25) is 0 Å². The lowest BCUT2D eigenvalue weighted by Crippen LogP contribution is -2.32. The van der Waals surface area contributed by atoms with Crippen LogP contribution in [0.1, 0.15) is 12.0 Å². The van der Waals surface area contributed by atoms with Gasteiger partial charge in [0.05, 0.1) is 33.5 Å². The highest BCUT2D eigenvalue weighted by Crippen LogP contribution is 2.27. The van der Waals surface area contributed by atoms with E-state index < -0.39 is 6.10 Å². The van der Waals surface area contributed by atoms with Crippen molar-refractivity contribution in [3.8, 4) is 11.5 Å². The molecule has 0 fully saturated rings. The summed E-state index contributed by atoms with van der Waals surface area (Å²) in [5.74, 6) is 1.37. The highest BCUT2D eigenvalue weighted by atomic mass is 16.5. The Labute approximate surface area is 139 Å². The molecule has 0 spiro atoms. The second-order valence-corrected chi connectivity index (χ2v) is 5.72. The van der Waals surface area contributed by atoms with E-state index in [0.717, 1.165) is 25.1 Å². The SMILES string of the molecule is COc1ccc(COC[C@@H](O)CNCCCN(C)C)cc1OC. The third-order valence-corrected chi connectivity index (χ3v) is 3.37. The second kappa shape index (κ2) is 11.2. The van der Waals surface area contributed by atoms with Gasteiger partial charge < -0.3 is 29.5 Å². The van der Waals surface area contributed by atoms with Gasteiger partial charge in [0.2, 0.25) is 0 Å². The quantitative estimate of drug-likeness (QED) is 0.561. The molecule has 0 amide bonds. The molecule has 0 aliphatic heterocycles. The van der Waals surface area contributed by atoms with E-state index in [9.17, 15) is 5.11 Å². The van der Waals surface area contributed by atoms with Gasteiger partial charge in [-0.15, -0.1) is 0 Å². The van der Waals surface area contributed by atoms with Crippen LogP contribution < -0.4 is 14.8 Å². The maximum Gasteiger partial charge on any atom is 0.161 e. The molecule has 0 saturated carbocycles. The number of hydrogen-bond acceptors (Lipinski definition) is 6. The van der Waals surface area contributed by atoms with Gasteiger partial charge in [0.1, 0.15) is 0 Å². The van der Waals surface area contributed by atoms with Crippen LogP contribution in [0.5, 0.6) is 11.5 Å². The molecule has 0 aliphatic carbocycles. The zero-order valence-corrected chi connectivity index (χ0v) is 14.7. The Morgan fingerprint density at radius 3 is 2.57 bits per heavy atom. The van der Waals surface area contributed by atoms with E-state index in [2.05, 4.69) is 24.3 Å². The van der Waals surface area contributed by atoms with Gasteiger partial charge in [0.15, 0.2) is 11.5 Å². The predicted octanol–water partition coefficient (Wildman–Crippen LogP) is 1.12. The van der Waals surface area contributed by atoms with Crippen molar-refractivity contribution in [2.45, 2.75) is 19.1 Å². The summed E-state index contributed by atoms with van der Waals surface area (Å²) in [6.07, 6.45) is 0.557. The molecule has 1 aromatic rings. The van der Waals surface area contributed by atoms with Gasteiger partial charge in [0.25, 0.3) is 0 Å². The Morgan fingerprint density at radius 1 is 1.17 bits per heavy atom. The van der Waals surface area contributed by atoms with Crippen LogP contribution in [0, 0.1) is 0 Å². The summed E-state index contributed by atoms with van der Waals surface area (Å²) in [6, 6.07) is 5.65. The smallest absolute Gasteiger partial charge is 0.161 e. The molecule has 1 aromatic carbocycles. The molecule has 0 bridgehead atoms. The summed E-state index contributed by atoms with van der Waals surface area (Å²) in [5, 5.41) is 13.1. The molecule has 1 atom stereocenters. The molecule has 0 saturated heterocycles. The van der Waals surface area contributed by atoms with Crippen LogP contribution in [0.4, 0.5) is 0 Å². The minimum atomic E-state index is -0.505. The molecule has 132 valence electrons. The molecule has 2 N–H and O–H groups in total. The summed E-state index contributed by atoms with van der Waals surface area (Å²) in [7, 11) is 7.32. The first-order chi connectivity index (χ1) is 11.1. The van der Waals surface area contributed by atoms with Crippen molar-refractivity contribution in [2.24, 2.45) is 0 Å². The highest BCUT2D eigenvalue weighted by Gasteiger charge is 2.07. The zero-order chi connectivity index (χ0) is 17.1. The van der Waals surface area contributed by atoms with Crippen LogP contribution >= 0.6 is 0 Å². The molecule has 0 unspecified atom stereocenters. The fraction of sp³-hybridized carbons (Fsp3) is 0.647. The molecular weight excluding hydrogens is 296 g/mol. The predicted molar refractivity (Wildman–Crippen MR) is 91.2 cm³/mol. The van der Waals surface area contributed by atoms with Crippen molar-refractivity contribution in [3.05, 3.63) is 23.8 Å². The number of rotatable bonds is 12. The van der Waals surface area contributed by atoms with E-state index >= 15 is 0 Å². The second-order valence-electron chi connectivity index (χ2n) is 5.72. The van der Waals surface area contributed by atoms with Gasteiger partial charge in [-0.2, -0.15) is 0 Å². The molecule has 0 aromatic heterocycles. The van der Waals surface area contributed by atoms with Crippen molar-refractivity contribution < 1.29 is 19.3 Å². The topological polar surface area (TPSA) is 63.2 Å². The lowest BCUT2D eigenvalue weighted by molar-refractivity contribution is 0.0288. The van der Waals surface area contributed by atoms with Crippen LogP contribution in [-0.2, 0) is 11.3 Å². The molecular formula is C17H30N2O4. The number of nitrogens with zero attached hydrogens (tertiary/aromatic N) is 1. The Kier molecular flexibility index (Phi) is 9.63. The molecule has 23 heavy (non-hydrogen) atoms. The maximum absolute atomic E-state index is 9.88. The first-order valence-corrected chi connectivity index (χ1v) is 7.89. The largest absolute Gasteiger partial charge is 0.493 e. The Morgan fingerprint density at radius 2 is 1.91 bits per heavy atom. The van der Waals surface area contributed by atoms with Crippen LogP contribution in [0.15, 0.2) is 18.2 Å². The average molecular weight is 326 g/mol. The fourth-order valence-corrected chi connectivity index (χ4v) is 2.13. The van der Waals surface area contributed by atoms with E-state index in [1.165, 1.54) is 0 Å². The number of aliphatic hydroxyl groups excluding tert-OH is 1. The van der Waals surface area contributed by atoms with Gasteiger partial charge in [-0.05, 0) is 51.3 Å². The van der Waals surface area contributed by atoms with Crippen LogP contribution in [0.25, 0.3) is 0 Å². The molecule has 0 heterocycles. The van der Waals surface area contributed by atoms with Gasteiger partial charge >= 0.3 is 0 Å². The zero-order valence-electron chi connectivity index (χ0n) is 14.7. The van der Waals surface area contributed by atoms with Crippen molar-refractivity contribution in [1.82, 2.24) is 10.2 Å². The molecule has 0 aliphatic rings. The van der Waals surface area contributed by atoms with Crippen molar-refractivity contribution in [2.75, 3.05) is 54.6 Å². The number of hydrogen-bond donors (Lipinski definition) is 2. The first-order valence-electron chi connectivity index (χ1n) is 7.89. The molecule has 6 nitrogen and oxygen atoms in total. The van der Waals surface area contributed by atoms with Crippen LogP contribution in [0.2, 0.25) is 0 Å². The van der Waals surface area contributed by atoms with E-state index in [1.807, 2.05) is 18.2 Å². The van der Waals surface area contributed by atoms with E-state index in [1.54, 1.807) is 14.2 Å². The van der Waals surface area contributed by atoms with E-state index in [-0.39, 0.29) is 0 Å². The minimum Gasteiger partial charge on any atom is -0.493 e. The van der Waals surface area contributed by atoms with Crippen molar-refractivity contribution in [3.63, 3.8) is 0 Å². The summed E-state index contributed by atoms with van der Waals surface area (Å²) >= 11 is 0. The minimum absolute atomic E-state index is 0.301. The van der Waals surface area contributed by atoms with Crippen molar-refractivity contribution >= 4 is 0 Å². The maximum atomic E-state index is 9.88. The summed E-state index contributed by atoms with van der Waals surface area (Å²) in [6.45, 7) is 3.20. The summed E-state index contributed by atoms with van der Waals surface area (Å²) < 4.78 is 16.0. The number of ether oxygens (including phenoxy) is 3. The number of nitrogens with one attached hydrogen (secondary N) is 1. The normalized spacial score (nSPS) is 12.4. The number of benzene rings is 1. The lowest BCUT2D eigenvalue weighted by atomic mass is 10.2. The third kappa shape index (κ3) is 8.18. The summed E-state index contributed by atoms with van der Waals surface area (Å²) in [4.78, 5) is 2.14. The van der Waals surface area contributed by atoms with Gasteiger partial charge in [-0.1, -0.05) is 6.07 Å². The van der Waals surface area contributed by atoms with E-state index in [4.69, 9.17) is 14.2 Å². The lowest BCUT2D eigenvalue weighted by Gasteiger charge is -2.14. The Bertz CT molecular complexity index is 441. The van der Waals surface area contributed by atoms with Gasteiger partial charge in [-0.25, -0.2) is 0 Å². The Hall–Kier alpha value is -1.34. The third-order valence-electron chi connectivity index (χ3n) is 3.37. The first kappa shape index (κ1) is 19.7. The highest BCUT2D eigenvalue weighted by molar-refractivity contribution is 5.42. The van der Waals surface area contributed by atoms with Crippen molar-refractivity contribution in [1.29, 1.82) is 0 Å². The van der Waals surface area contributed by atoms with Crippen LogP contribution in [0.3, 0.4) is 0 Å². The molecule has 0 radical (unpaired) electrons. The standard InChI is InChI=1S/C17H30N2O4/c1-19(2)9-5-8-18-11-15(20)13-23-12-14-6-7-16(21-3)17(10-14)22-4/h6-7,10,15,18,20H,5,8-9,11-13H2,1-4H3/t15-/m0/s1. The molecule has 6 heteroatoms. The monoisotopic (exact) mass is 326 g/mol. The van der Waals surface area contributed by atoms with Gasteiger partial charge in [0, 0.05) is 6.54 Å². The fourth-order valence-electron chi connectivity index (χ4n) is 2.13. The van der Waals surface area contributed by atoms with Crippen LogP contribution in [-0.4, -0.2) is 70.7 Å². The van der Waals surface area contributed by atoms with E-state index in [0.29, 0.717) is 31.3 Å². The summed E-state index contributed by atoms with van der Waals surface area (Å²) in [5.41, 5.74) is 0.980. The number of methoxy groups -OCH3 is 2.